The molecule has 0 aliphatic heterocycles. The van der Waals surface area contributed by atoms with E-state index in [0.29, 0.717) is 6.04 Å². The van der Waals surface area contributed by atoms with Crippen molar-refractivity contribution in [1.82, 2.24) is 5.32 Å². The predicted octanol–water partition coefficient (Wildman–Crippen LogP) is 4.71. The number of hydrogen-bond acceptors (Lipinski definition) is 2. The van der Waals surface area contributed by atoms with Gasteiger partial charge in [-0.25, -0.2) is 0 Å². The normalized spacial score (nSPS) is 18.5. The highest BCUT2D eigenvalue weighted by molar-refractivity contribution is 5.29. The van der Waals surface area contributed by atoms with Crippen LogP contribution in [0.3, 0.4) is 0 Å². The standard InChI is InChI=1S/C18H29NO/c1-3-20-17-12-10-16(11-13-17)18(19-2)14-15-8-6-4-5-7-9-15/h10-13,15,18-19H,3-9,14H2,1-2H3. The lowest BCUT2D eigenvalue weighted by molar-refractivity contribution is 0.339. The number of rotatable bonds is 6. The van der Waals surface area contributed by atoms with Crippen LogP contribution in [-0.2, 0) is 0 Å². The Hall–Kier alpha value is -1.02. The zero-order chi connectivity index (χ0) is 14.2. The minimum atomic E-state index is 0.480. The highest BCUT2D eigenvalue weighted by atomic mass is 16.5. The van der Waals surface area contributed by atoms with Gasteiger partial charge in [0.1, 0.15) is 5.75 Å². The number of ether oxygens (including phenoxy) is 1. The summed E-state index contributed by atoms with van der Waals surface area (Å²) in [6.45, 7) is 2.76. The van der Waals surface area contributed by atoms with Crippen LogP contribution in [0.1, 0.15) is 63.5 Å². The maximum absolute atomic E-state index is 5.52. The second-order valence-electron chi connectivity index (χ2n) is 5.94. The Bertz CT molecular complexity index is 366. The summed E-state index contributed by atoms with van der Waals surface area (Å²) in [5, 5.41) is 3.50. The van der Waals surface area contributed by atoms with Gasteiger partial charge in [0.25, 0.3) is 0 Å². The fourth-order valence-electron chi connectivity index (χ4n) is 3.32. The first kappa shape index (κ1) is 15.4. The van der Waals surface area contributed by atoms with Crippen molar-refractivity contribution >= 4 is 0 Å². The van der Waals surface area contributed by atoms with Gasteiger partial charge >= 0.3 is 0 Å². The van der Waals surface area contributed by atoms with Gasteiger partial charge in [-0.2, -0.15) is 0 Å². The van der Waals surface area contributed by atoms with E-state index in [1.54, 1.807) is 0 Å². The summed E-state index contributed by atoms with van der Waals surface area (Å²) in [4.78, 5) is 0. The molecule has 1 aromatic rings. The van der Waals surface area contributed by atoms with Crippen LogP contribution in [0, 0.1) is 5.92 Å². The van der Waals surface area contributed by atoms with Crippen molar-refractivity contribution in [3.05, 3.63) is 29.8 Å². The van der Waals surface area contributed by atoms with Crippen LogP contribution in [0.2, 0.25) is 0 Å². The lowest BCUT2D eigenvalue weighted by atomic mass is 9.89. The van der Waals surface area contributed by atoms with E-state index >= 15 is 0 Å². The van der Waals surface area contributed by atoms with Crippen molar-refractivity contribution in [1.29, 1.82) is 0 Å². The summed E-state index contributed by atoms with van der Waals surface area (Å²) in [5.41, 5.74) is 1.39. The van der Waals surface area contributed by atoms with Crippen molar-refractivity contribution in [2.24, 2.45) is 5.92 Å². The molecular formula is C18H29NO. The average Bonchev–Trinajstić information content (AvgIpc) is 2.75. The zero-order valence-corrected chi connectivity index (χ0v) is 13.0. The Morgan fingerprint density at radius 2 is 1.75 bits per heavy atom. The zero-order valence-electron chi connectivity index (χ0n) is 13.0. The number of benzene rings is 1. The molecular weight excluding hydrogens is 246 g/mol. The minimum absolute atomic E-state index is 0.480. The highest BCUT2D eigenvalue weighted by Gasteiger charge is 2.18. The molecule has 1 aliphatic rings. The third-order valence-electron chi connectivity index (χ3n) is 4.49. The van der Waals surface area contributed by atoms with E-state index in [4.69, 9.17) is 4.74 Å². The molecule has 1 unspecified atom stereocenters. The SMILES string of the molecule is CCOc1ccc(C(CC2CCCCCC2)NC)cc1. The minimum Gasteiger partial charge on any atom is -0.494 e. The average molecular weight is 275 g/mol. The van der Waals surface area contributed by atoms with Crippen molar-refractivity contribution in [2.45, 2.75) is 57.9 Å². The van der Waals surface area contributed by atoms with E-state index in [2.05, 4.69) is 36.6 Å². The first-order valence-corrected chi connectivity index (χ1v) is 8.23. The van der Waals surface area contributed by atoms with Crippen LogP contribution >= 0.6 is 0 Å². The van der Waals surface area contributed by atoms with E-state index in [9.17, 15) is 0 Å². The molecule has 1 aliphatic carbocycles. The van der Waals surface area contributed by atoms with Crippen molar-refractivity contribution in [3.63, 3.8) is 0 Å². The summed E-state index contributed by atoms with van der Waals surface area (Å²) in [7, 11) is 2.08. The van der Waals surface area contributed by atoms with Gasteiger partial charge in [-0.3, -0.25) is 0 Å². The predicted molar refractivity (Wildman–Crippen MR) is 85.2 cm³/mol. The first-order valence-electron chi connectivity index (χ1n) is 8.23. The van der Waals surface area contributed by atoms with Gasteiger partial charge in [0.2, 0.25) is 0 Å². The van der Waals surface area contributed by atoms with Gasteiger partial charge in [0.15, 0.2) is 0 Å². The Morgan fingerprint density at radius 1 is 1.10 bits per heavy atom. The second-order valence-corrected chi connectivity index (χ2v) is 5.94. The molecule has 2 rings (SSSR count). The lowest BCUT2D eigenvalue weighted by Gasteiger charge is -2.23. The molecule has 0 bridgehead atoms. The van der Waals surface area contributed by atoms with Crippen molar-refractivity contribution in [2.75, 3.05) is 13.7 Å². The number of hydrogen-bond donors (Lipinski definition) is 1. The molecule has 1 fully saturated rings. The van der Waals surface area contributed by atoms with Crippen LogP contribution in [0.4, 0.5) is 0 Å². The van der Waals surface area contributed by atoms with Crippen molar-refractivity contribution in [3.8, 4) is 5.75 Å². The molecule has 0 saturated heterocycles. The third-order valence-corrected chi connectivity index (χ3v) is 4.49. The Kier molecular flexibility index (Phi) is 6.38. The quantitative estimate of drug-likeness (QED) is 0.759. The smallest absolute Gasteiger partial charge is 0.119 e. The highest BCUT2D eigenvalue weighted by Crippen LogP contribution is 2.31. The van der Waals surface area contributed by atoms with E-state index in [0.717, 1.165) is 18.3 Å². The molecule has 1 saturated carbocycles. The summed E-state index contributed by atoms with van der Waals surface area (Å²) < 4.78 is 5.52. The summed E-state index contributed by atoms with van der Waals surface area (Å²) in [6, 6.07) is 9.09. The van der Waals surface area contributed by atoms with E-state index in [1.165, 1.54) is 50.5 Å². The topological polar surface area (TPSA) is 21.3 Å². The Morgan fingerprint density at radius 3 is 2.30 bits per heavy atom. The molecule has 1 aromatic carbocycles. The molecule has 1 N–H and O–H groups in total. The summed E-state index contributed by atoms with van der Waals surface area (Å²) in [6.07, 6.45) is 9.80. The van der Waals surface area contributed by atoms with Crippen molar-refractivity contribution < 1.29 is 4.74 Å². The fraction of sp³-hybridized carbons (Fsp3) is 0.667. The largest absolute Gasteiger partial charge is 0.494 e. The number of nitrogens with one attached hydrogen (secondary N) is 1. The molecule has 2 nitrogen and oxygen atoms in total. The molecule has 0 amide bonds. The van der Waals surface area contributed by atoms with Gasteiger partial charge in [0, 0.05) is 6.04 Å². The molecule has 0 radical (unpaired) electrons. The Labute approximate surface area is 123 Å². The molecule has 2 heteroatoms. The monoisotopic (exact) mass is 275 g/mol. The third kappa shape index (κ3) is 4.52. The van der Waals surface area contributed by atoms with Gasteiger partial charge in [-0.05, 0) is 44.0 Å². The lowest BCUT2D eigenvalue weighted by Crippen LogP contribution is -2.19. The molecule has 0 aromatic heterocycles. The van der Waals surface area contributed by atoms with E-state index < -0.39 is 0 Å². The van der Waals surface area contributed by atoms with Crippen LogP contribution in [0.15, 0.2) is 24.3 Å². The van der Waals surface area contributed by atoms with Gasteiger partial charge in [-0.15, -0.1) is 0 Å². The van der Waals surface area contributed by atoms with Gasteiger partial charge in [0.05, 0.1) is 6.61 Å². The molecule has 0 heterocycles. The fourth-order valence-corrected chi connectivity index (χ4v) is 3.32. The molecule has 0 spiro atoms. The first-order chi connectivity index (χ1) is 9.83. The summed E-state index contributed by atoms with van der Waals surface area (Å²) in [5.74, 6) is 1.86. The van der Waals surface area contributed by atoms with Crippen LogP contribution in [0.5, 0.6) is 5.75 Å². The van der Waals surface area contributed by atoms with Crippen LogP contribution in [0.25, 0.3) is 0 Å². The maximum Gasteiger partial charge on any atom is 0.119 e. The maximum atomic E-state index is 5.52. The molecule has 1 atom stereocenters. The molecule has 20 heavy (non-hydrogen) atoms. The Balaban J connectivity index is 1.95. The second kappa shape index (κ2) is 8.31. The summed E-state index contributed by atoms with van der Waals surface area (Å²) >= 11 is 0. The van der Waals surface area contributed by atoms with E-state index in [1.807, 2.05) is 6.92 Å². The van der Waals surface area contributed by atoms with Crippen LogP contribution < -0.4 is 10.1 Å². The van der Waals surface area contributed by atoms with E-state index in [-0.39, 0.29) is 0 Å². The molecule has 112 valence electrons. The van der Waals surface area contributed by atoms with Gasteiger partial charge in [-0.1, -0.05) is 50.7 Å². The van der Waals surface area contributed by atoms with Crippen LogP contribution in [-0.4, -0.2) is 13.7 Å². The van der Waals surface area contributed by atoms with Gasteiger partial charge < -0.3 is 10.1 Å².